The third-order valence-electron chi connectivity index (χ3n) is 0. The Morgan fingerprint density at radius 1 is 1.00 bits per heavy atom. The van der Waals surface area contributed by atoms with Crippen LogP contribution in [0.2, 0.25) is 0 Å². The SMILES string of the molecule is [AlH3].[Ce].[Pt].[Zr]. The van der Waals surface area contributed by atoms with Crippen LogP contribution in [0.5, 0.6) is 0 Å². The van der Waals surface area contributed by atoms with Gasteiger partial charge in [0.1, 0.15) is 0 Å². The van der Waals surface area contributed by atoms with Crippen LogP contribution < -0.4 is 0 Å². The van der Waals surface area contributed by atoms with Gasteiger partial charge in [-0.15, -0.1) is 0 Å². The molecule has 0 spiro atoms. The minimum Gasteiger partial charge on any atom is 0 e. The van der Waals surface area contributed by atoms with E-state index in [1.54, 1.807) is 0 Å². The zero-order valence-corrected chi connectivity index (χ0v) is 9.19. The zero-order chi connectivity index (χ0) is 0. The molecule has 0 aromatic carbocycles. The molecule has 0 aliphatic rings. The quantitative estimate of drug-likeness (QED) is 0.403. The van der Waals surface area contributed by atoms with E-state index >= 15 is 0 Å². The first-order valence-electron chi connectivity index (χ1n) is 0. The molecule has 0 amide bonds. The van der Waals surface area contributed by atoms with Gasteiger partial charge in [0.2, 0.25) is 0 Å². The average molecular weight is 456 g/mol. The summed E-state index contributed by atoms with van der Waals surface area (Å²) in [4.78, 5) is 0. The van der Waals surface area contributed by atoms with E-state index in [4.69, 9.17) is 0 Å². The fourth-order valence-corrected chi connectivity index (χ4v) is 0. The molecule has 4 heavy (non-hydrogen) atoms. The van der Waals surface area contributed by atoms with Crippen LogP contribution in [-0.2, 0) is 47.3 Å². The summed E-state index contributed by atoms with van der Waals surface area (Å²) in [6.07, 6.45) is 0. The number of hydrogen-bond donors (Lipinski definition) is 0. The predicted molar refractivity (Wildman–Crippen MR) is 9.94 cm³/mol. The summed E-state index contributed by atoms with van der Waals surface area (Å²) in [7, 11) is 0. The van der Waals surface area contributed by atoms with E-state index in [0.717, 1.165) is 0 Å². The summed E-state index contributed by atoms with van der Waals surface area (Å²) >= 11 is 0. The Bertz CT molecular complexity index is 8.00. The summed E-state index contributed by atoms with van der Waals surface area (Å²) in [6.45, 7) is 0. The van der Waals surface area contributed by atoms with E-state index in [9.17, 15) is 0 Å². The van der Waals surface area contributed by atoms with Crippen molar-refractivity contribution >= 4 is 17.4 Å². The molecule has 24 valence electrons. The smallest absolute Gasteiger partial charge is 0 e. The van der Waals surface area contributed by atoms with E-state index in [2.05, 4.69) is 0 Å². The van der Waals surface area contributed by atoms with Crippen molar-refractivity contribution in [2.75, 3.05) is 0 Å². The third kappa shape index (κ3) is 9.08. The van der Waals surface area contributed by atoms with E-state index in [0.29, 0.717) is 0 Å². The second kappa shape index (κ2) is 16.1. The van der Waals surface area contributed by atoms with Crippen LogP contribution in [0.1, 0.15) is 0 Å². The molecule has 0 aliphatic carbocycles. The van der Waals surface area contributed by atoms with Crippen molar-refractivity contribution in [1.82, 2.24) is 0 Å². The standard InChI is InChI=1S/Al.Ce.Pt.Zr.3H. The molecule has 0 unspecified atom stereocenters. The maximum atomic E-state index is 0. The first kappa shape index (κ1) is 25.9. The van der Waals surface area contributed by atoms with Crippen LogP contribution in [0.3, 0.4) is 0 Å². The molecular weight excluding hydrogens is 453 g/mol. The fourth-order valence-electron chi connectivity index (χ4n) is 0. The maximum absolute atomic E-state index is 0. The Morgan fingerprint density at radius 2 is 1.00 bits per heavy atom. The van der Waals surface area contributed by atoms with E-state index in [1.165, 1.54) is 0 Å². The topological polar surface area (TPSA) is 0 Å². The van der Waals surface area contributed by atoms with Gasteiger partial charge in [-0.25, -0.2) is 0 Å². The van der Waals surface area contributed by atoms with Crippen molar-refractivity contribution in [3.8, 4) is 0 Å². The molecule has 0 rings (SSSR count). The van der Waals surface area contributed by atoms with Crippen LogP contribution in [-0.4, -0.2) is 17.4 Å². The van der Waals surface area contributed by atoms with Crippen molar-refractivity contribution in [2.24, 2.45) is 0 Å². The van der Waals surface area contributed by atoms with Crippen LogP contribution in [0.4, 0.5) is 0 Å². The number of rotatable bonds is 0. The largest absolute Gasteiger partial charge is 0.187 e. The molecule has 0 aromatic rings. The Labute approximate surface area is 104 Å². The van der Waals surface area contributed by atoms with Gasteiger partial charge in [0.25, 0.3) is 0 Å². The molecule has 0 bridgehead atoms. The van der Waals surface area contributed by atoms with Crippen LogP contribution in [0, 0.1) is 41.7 Å². The van der Waals surface area contributed by atoms with Gasteiger partial charge in [-0.3, -0.25) is 0 Å². The minimum absolute atomic E-state index is 0. The molecule has 0 atom stereocenters. The van der Waals surface area contributed by atoms with Crippen LogP contribution in [0.15, 0.2) is 0 Å². The molecule has 0 aromatic heterocycles. The van der Waals surface area contributed by atoms with E-state index in [-0.39, 0.29) is 106 Å². The summed E-state index contributed by atoms with van der Waals surface area (Å²) < 4.78 is 0. The second-order valence-electron chi connectivity index (χ2n) is 0. The first-order chi connectivity index (χ1) is 0. The average Bonchev–Trinajstić information content (AvgIpc) is 0. The third-order valence-corrected chi connectivity index (χ3v) is 0. The molecule has 0 N–H and O–H groups in total. The summed E-state index contributed by atoms with van der Waals surface area (Å²) in [5.74, 6) is 0. The first-order valence-corrected chi connectivity index (χ1v) is 0. The van der Waals surface area contributed by atoms with Gasteiger partial charge in [-0.05, 0) is 0 Å². The molecule has 0 saturated heterocycles. The Hall–Kier alpha value is 3.48. The fraction of sp³-hybridized carbons (Fsp3) is 0. The Morgan fingerprint density at radius 3 is 1.00 bits per heavy atom. The summed E-state index contributed by atoms with van der Waals surface area (Å²) in [5, 5.41) is 0. The van der Waals surface area contributed by atoms with E-state index in [1.807, 2.05) is 0 Å². The molecule has 0 heterocycles. The van der Waals surface area contributed by atoms with Gasteiger partial charge in [0, 0.05) is 89.0 Å². The van der Waals surface area contributed by atoms with Crippen LogP contribution in [0.25, 0.3) is 0 Å². The van der Waals surface area contributed by atoms with Crippen molar-refractivity contribution in [2.45, 2.75) is 0 Å². The Balaban J connectivity index is 0. The molecule has 0 nitrogen and oxygen atoms in total. The van der Waals surface area contributed by atoms with Crippen LogP contribution >= 0.6 is 0 Å². The van der Waals surface area contributed by atoms with Gasteiger partial charge in [0.15, 0.2) is 17.4 Å². The molecule has 0 radical (unpaired) electrons. The van der Waals surface area contributed by atoms with E-state index < -0.39 is 0 Å². The number of hydrogen-bond acceptors (Lipinski definition) is 0. The zero-order valence-electron chi connectivity index (χ0n) is 1.32. The minimum atomic E-state index is 0. The molecule has 0 saturated carbocycles. The normalized spacial score (nSPS) is 0. The van der Waals surface area contributed by atoms with Gasteiger partial charge < -0.3 is 0 Å². The maximum Gasteiger partial charge on any atom is 0.187 e. The molecule has 0 aliphatic heterocycles. The molecular formula is H3AlCePtZr. The van der Waals surface area contributed by atoms with Crippen molar-refractivity contribution < 1.29 is 89.0 Å². The second-order valence-corrected chi connectivity index (χ2v) is 0. The summed E-state index contributed by atoms with van der Waals surface area (Å²) in [6, 6.07) is 0. The van der Waals surface area contributed by atoms with Gasteiger partial charge in [-0.1, -0.05) is 0 Å². The van der Waals surface area contributed by atoms with Gasteiger partial charge in [0.05, 0.1) is 0 Å². The predicted octanol–water partition coefficient (Wildman–Crippen LogP) is -1.19. The summed E-state index contributed by atoms with van der Waals surface area (Å²) in [5.41, 5.74) is 0. The van der Waals surface area contributed by atoms with Gasteiger partial charge in [-0.2, -0.15) is 0 Å². The monoisotopic (exact) mass is 455 g/mol. The molecule has 0 fully saturated rings. The molecule has 4 heteroatoms. The van der Waals surface area contributed by atoms with Crippen molar-refractivity contribution in [3.05, 3.63) is 0 Å². The van der Waals surface area contributed by atoms with Crippen molar-refractivity contribution in [3.63, 3.8) is 0 Å². The van der Waals surface area contributed by atoms with Gasteiger partial charge >= 0.3 is 0 Å². The Kier molecular flexibility index (Phi) is 104. The van der Waals surface area contributed by atoms with Crippen molar-refractivity contribution in [1.29, 1.82) is 0 Å².